The maximum atomic E-state index is 13.0. The van der Waals surface area contributed by atoms with Crippen LogP contribution in [0.1, 0.15) is 5.56 Å². The Balaban J connectivity index is 2.56. The molecule has 2 aromatic carbocycles. The van der Waals surface area contributed by atoms with Gasteiger partial charge in [-0.2, -0.15) is 5.26 Å². The Hall–Kier alpha value is -1.85. The first-order valence-corrected chi connectivity index (χ1v) is 5.03. The molecule has 0 amide bonds. The Kier molecular flexibility index (Phi) is 2.89. The molecule has 0 saturated carbocycles. The largest absolute Gasteiger partial charge is 0.207 e. The lowest BCUT2D eigenvalue weighted by atomic mass is 10.0. The summed E-state index contributed by atoms with van der Waals surface area (Å²) < 4.78 is 13.0. The van der Waals surface area contributed by atoms with Gasteiger partial charge in [-0.25, -0.2) is 4.39 Å². The molecule has 0 saturated heterocycles. The summed E-state index contributed by atoms with van der Waals surface area (Å²) in [5, 5.41) is 9.28. The maximum Gasteiger partial charge on any atom is 0.123 e. The molecule has 0 aliphatic carbocycles. The molecule has 0 N–H and O–H groups in total. The number of hydrogen-bond donors (Lipinski definition) is 0. The first-order chi connectivity index (χ1) is 7.69. The Bertz CT molecular complexity index is 572. The molecular weight excluding hydrogens is 225 g/mol. The minimum absolute atomic E-state index is 0.309. The summed E-state index contributed by atoms with van der Waals surface area (Å²) in [6, 6.07) is 13.2. The van der Waals surface area contributed by atoms with Crippen LogP contribution in [0.3, 0.4) is 0 Å². The van der Waals surface area contributed by atoms with E-state index in [9.17, 15) is 4.39 Å². The molecule has 0 unspecified atom stereocenters. The van der Waals surface area contributed by atoms with Crippen molar-refractivity contribution in [3.63, 3.8) is 0 Å². The van der Waals surface area contributed by atoms with Crippen molar-refractivity contribution in [3.8, 4) is 17.2 Å². The van der Waals surface area contributed by atoms with E-state index in [-0.39, 0.29) is 5.82 Å². The van der Waals surface area contributed by atoms with Crippen molar-refractivity contribution in [1.29, 1.82) is 5.26 Å². The van der Waals surface area contributed by atoms with Gasteiger partial charge in [-0.1, -0.05) is 23.7 Å². The molecule has 1 nitrogen and oxygen atoms in total. The predicted octanol–water partition coefficient (Wildman–Crippen LogP) is 4.02. The molecule has 0 fully saturated rings. The molecule has 0 radical (unpaired) electrons. The van der Waals surface area contributed by atoms with Crippen LogP contribution in [0.25, 0.3) is 11.1 Å². The molecular formula is C13H7ClFN. The monoisotopic (exact) mass is 231 g/mol. The number of hydrogen-bond acceptors (Lipinski definition) is 1. The molecule has 78 valence electrons. The van der Waals surface area contributed by atoms with Crippen LogP contribution in [0, 0.1) is 17.1 Å². The highest BCUT2D eigenvalue weighted by Crippen LogP contribution is 2.25. The molecule has 0 bridgehead atoms. The van der Waals surface area contributed by atoms with Crippen LogP contribution in [0.15, 0.2) is 42.5 Å². The van der Waals surface area contributed by atoms with E-state index in [0.717, 1.165) is 5.56 Å². The number of nitrogens with zero attached hydrogens (tertiary/aromatic N) is 1. The maximum absolute atomic E-state index is 13.0. The SMILES string of the molecule is N#Cc1cc(Cl)cc(-c2cccc(F)c2)c1. The van der Waals surface area contributed by atoms with Crippen molar-refractivity contribution in [3.05, 3.63) is 58.9 Å². The van der Waals surface area contributed by atoms with E-state index >= 15 is 0 Å². The highest BCUT2D eigenvalue weighted by molar-refractivity contribution is 6.31. The molecule has 0 aliphatic heterocycles. The standard InChI is InChI=1S/C13H7ClFN/c14-12-5-9(8-16)4-11(6-12)10-2-1-3-13(15)7-10/h1-7H. The summed E-state index contributed by atoms with van der Waals surface area (Å²) in [6.07, 6.45) is 0. The first-order valence-electron chi connectivity index (χ1n) is 4.65. The second-order valence-electron chi connectivity index (χ2n) is 3.35. The van der Waals surface area contributed by atoms with Gasteiger partial charge in [-0.3, -0.25) is 0 Å². The third-order valence-electron chi connectivity index (χ3n) is 2.18. The fourth-order valence-electron chi connectivity index (χ4n) is 1.49. The van der Waals surface area contributed by atoms with Crippen LogP contribution in [0.5, 0.6) is 0 Å². The van der Waals surface area contributed by atoms with E-state index in [4.69, 9.17) is 16.9 Å². The smallest absolute Gasteiger partial charge is 0.123 e. The first kappa shape index (κ1) is 10.7. The second kappa shape index (κ2) is 4.34. The number of benzene rings is 2. The zero-order valence-corrected chi connectivity index (χ0v) is 9.00. The van der Waals surface area contributed by atoms with Crippen LogP contribution in [0.4, 0.5) is 4.39 Å². The second-order valence-corrected chi connectivity index (χ2v) is 3.79. The number of nitriles is 1. The summed E-state index contributed by atoms with van der Waals surface area (Å²) in [5.74, 6) is -0.309. The van der Waals surface area contributed by atoms with Gasteiger partial charge in [0, 0.05) is 5.02 Å². The molecule has 3 heteroatoms. The Morgan fingerprint density at radius 1 is 1.06 bits per heavy atom. The van der Waals surface area contributed by atoms with Gasteiger partial charge in [0.05, 0.1) is 11.6 Å². The summed E-state index contributed by atoms with van der Waals surface area (Å²) in [4.78, 5) is 0. The molecule has 0 spiro atoms. The van der Waals surface area contributed by atoms with Gasteiger partial charge in [0.2, 0.25) is 0 Å². The third-order valence-corrected chi connectivity index (χ3v) is 2.40. The Morgan fingerprint density at radius 3 is 2.56 bits per heavy atom. The molecule has 2 aromatic rings. The molecule has 0 atom stereocenters. The average molecular weight is 232 g/mol. The highest BCUT2D eigenvalue weighted by atomic mass is 35.5. The van der Waals surface area contributed by atoms with Crippen molar-refractivity contribution < 1.29 is 4.39 Å². The van der Waals surface area contributed by atoms with Crippen LogP contribution in [-0.2, 0) is 0 Å². The van der Waals surface area contributed by atoms with Crippen molar-refractivity contribution in [1.82, 2.24) is 0 Å². The fourth-order valence-corrected chi connectivity index (χ4v) is 1.72. The summed E-state index contributed by atoms with van der Waals surface area (Å²) >= 11 is 5.87. The molecule has 16 heavy (non-hydrogen) atoms. The van der Waals surface area contributed by atoms with Gasteiger partial charge in [0.1, 0.15) is 5.82 Å². The highest BCUT2D eigenvalue weighted by Gasteiger charge is 2.03. The van der Waals surface area contributed by atoms with Gasteiger partial charge < -0.3 is 0 Å². The van der Waals surface area contributed by atoms with Crippen molar-refractivity contribution in [2.45, 2.75) is 0 Å². The normalized spacial score (nSPS) is 9.81. The fraction of sp³-hybridized carbons (Fsp3) is 0. The van der Waals surface area contributed by atoms with Crippen LogP contribution < -0.4 is 0 Å². The van der Waals surface area contributed by atoms with Gasteiger partial charge in [-0.15, -0.1) is 0 Å². The van der Waals surface area contributed by atoms with Crippen molar-refractivity contribution in [2.24, 2.45) is 0 Å². The van der Waals surface area contributed by atoms with Gasteiger partial charge in [0.15, 0.2) is 0 Å². The zero-order valence-electron chi connectivity index (χ0n) is 8.24. The Morgan fingerprint density at radius 2 is 1.88 bits per heavy atom. The zero-order chi connectivity index (χ0) is 11.5. The van der Waals surface area contributed by atoms with Crippen LogP contribution >= 0.6 is 11.6 Å². The van der Waals surface area contributed by atoms with Gasteiger partial charge in [-0.05, 0) is 41.5 Å². The predicted molar refractivity (Wildman–Crippen MR) is 61.6 cm³/mol. The third kappa shape index (κ3) is 2.21. The van der Waals surface area contributed by atoms with E-state index in [1.165, 1.54) is 12.1 Å². The van der Waals surface area contributed by atoms with Gasteiger partial charge in [0.25, 0.3) is 0 Å². The van der Waals surface area contributed by atoms with E-state index in [2.05, 4.69) is 0 Å². The minimum Gasteiger partial charge on any atom is -0.207 e. The van der Waals surface area contributed by atoms with E-state index in [1.54, 1.807) is 30.3 Å². The van der Waals surface area contributed by atoms with E-state index in [0.29, 0.717) is 16.1 Å². The summed E-state index contributed by atoms with van der Waals surface area (Å²) in [5.41, 5.74) is 1.91. The average Bonchev–Trinajstić information content (AvgIpc) is 2.28. The van der Waals surface area contributed by atoms with E-state index in [1.807, 2.05) is 6.07 Å². The summed E-state index contributed by atoms with van der Waals surface area (Å²) in [7, 11) is 0. The topological polar surface area (TPSA) is 23.8 Å². The molecule has 0 heterocycles. The van der Waals surface area contributed by atoms with Crippen LogP contribution in [0.2, 0.25) is 5.02 Å². The lowest BCUT2D eigenvalue weighted by Crippen LogP contribution is -1.82. The van der Waals surface area contributed by atoms with Crippen molar-refractivity contribution in [2.75, 3.05) is 0 Å². The van der Waals surface area contributed by atoms with Crippen molar-refractivity contribution >= 4 is 11.6 Å². The number of rotatable bonds is 1. The van der Waals surface area contributed by atoms with E-state index < -0.39 is 0 Å². The lowest BCUT2D eigenvalue weighted by Gasteiger charge is -2.03. The molecule has 0 aromatic heterocycles. The number of halogens is 2. The quantitative estimate of drug-likeness (QED) is 0.727. The minimum atomic E-state index is -0.309. The van der Waals surface area contributed by atoms with Crippen LogP contribution in [-0.4, -0.2) is 0 Å². The Labute approximate surface area is 97.7 Å². The van der Waals surface area contributed by atoms with Gasteiger partial charge >= 0.3 is 0 Å². The molecule has 2 rings (SSSR count). The summed E-state index contributed by atoms with van der Waals surface area (Å²) in [6.45, 7) is 0. The molecule has 0 aliphatic rings. The lowest BCUT2D eigenvalue weighted by molar-refractivity contribution is 0.628.